The minimum Gasteiger partial charge on any atom is -0.324 e. The molecule has 5 rings (SSSR count). The molecule has 2 aromatic rings. The van der Waals surface area contributed by atoms with E-state index in [0.717, 1.165) is 36.2 Å². The summed E-state index contributed by atoms with van der Waals surface area (Å²) in [7, 11) is 0. The van der Waals surface area contributed by atoms with Crippen LogP contribution in [0.1, 0.15) is 38.5 Å². The number of imidazole rings is 1. The van der Waals surface area contributed by atoms with E-state index in [0.29, 0.717) is 5.95 Å². The van der Waals surface area contributed by atoms with Gasteiger partial charge in [0.15, 0.2) is 0 Å². The highest BCUT2D eigenvalue weighted by molar-refractivity contribution is 5.95. The van der Waals surface area contributed by atoms with E-state index in [2.05, 4.69) is 15.3 Å². The second-order valence-corrected chi connectivity index (χ2v) is 6.32. The molecule has 2 bridgehead atoms. The van der Waals surface area contributed by atoms with Crippen LogP contribution in [-0.4, -0.2) is 15.9 Å². The number of fused-ring (bicyclic) bond motifs is 4. The van der Waals surface area contributed by atoms with E-state index >= 15 is 0 Å². The third-order valence-electron chi connectivity index (χ3n) is 5.20. The van der Waals surface area contributed by atoms with Gasteiger partial charge in [-0.1, -0.05) is 12.1 Å². The summed E-state index contributed by atoms with van der Waals surface area (Å²) >= 11 is 0. The van der Waals surface area contributed by atoms with E-state index in [1.165, 1.54) is 19.3 Å². The highest BCUT2D eigenvalue weighted by atomic mass is 16.2. The van der Waals surface area contributed by atoms with Crippen LogP contribution in [0.25, 0.3) is 11.0 Å². The lowest BCUT2D eigenvalue weighted by molar-refractivity contribution is -0.131. The largest absolute Gasteiger partial charge is 0.324 e. The molecule has 0 atom stereocenters. The van der Waals surface area contributed by atoms with Crippen molar-refractivity contribution >= 4 is 22.9 Å². The molecule has 3 aliphatic carbocycles. The fraction of sp³-hybridized carbons (Fsp3) is 0.500. The lowest BCUT2D eigenvalue weighted by Crippen LogP contribution is -2.43. The molecule has 3 fully saturated rings. The van der Waals surface area contributed by atoms with Crippen molar-refractivity contribution in [3.63, 3.8) is 0 Å². The molecule has 0 aliphatic heterocycles. The third-order valence-corrected chi connectivity index (χ3v) is 5.20. The van der Waals surface area contributed by atoms with E-state index in [9.17, 15) is 4.79 Å². The molecule has 20 heavy (non-hydrogen) atoms. The molecule has 0 saturated heterocycles. The molecule has 0 unspecified atom stereocenters. The number of rotatable bonds is 2. The normalized spacial score (nSPS) is 28.7. The summed E-state index contributed by atoms with van der Waals surface area (Å²) in [5.74, 6) is 1.61. The lowest BCUT2D eigenvalue weighted by atomic mass is 9.60. The van der Waals surface area contributed by atoms with Gasteiger partial charge in [0.25, 0.3) is 0 Å². The number of anilines is 1. The van der Waals surface area contributed by atoms with Gasteiger partial charge in [-0.05, 0) is 56.6 Å². The van der Waals surface area contributed by atoms with Crippen LogP contribution in [0, 0.1) is 11.3 Å². The maximum Gasteiger partial charge on any atom is 0.232 e. The van der Waals surface area contributed by atoms with Crippen molar-refractivity contribution in [2.24, 2.45) is 11.3 Å². The quantitative estimate of drug-likeness (QED) is 0.877. The Hall–Kier alpha value is -1.84. The zero-order chi connectivity index (χ0) is 13.6. The Morgan fingerprint density at radius 2 is 1.90 bits per heavy atom. The zero-order valence-electron chi connectivity index (χ0n) is 11.5. The second kappa shape index (κ2) is 4.33. The van der Waals surface area contributed by atoms with E-state index < -0.39 is 0 Å². The first kappa shape index (κ1) is 11.9. The smallest absolute Gasteiger partial charge is 0.232 e. The predicted octanol–water partition coefficient (Wildman–Crippen LogP) is 3.47. The van der Waals surface area contributed by atoms with Crippen LogP contribution in [0.5, 0.6) is 0 Å². The van der Waals surface area contributed by atoms with Crippen LogP contribution in [0.15, 0.2) is 24.3 Å². The van der Waals surface area contributed by atoms with E-state index in [1.54, 1.807) is 0 Å². The Morgan fingerprint density at radius 1 is 1.20 bits per heavy atom. The molecule has 0 radical (unpaired) electrons. The van der Waals surface area contributed by atoms with Gasteiger partial charge in [0.05, 0.1) is 11.0 Å². The minimum atomic E-state index is -0.131. The van der Waals surface area contributed by atoms with E-state index in [-0.39, 0.29) is 11.3 Å². The summed E-state index contributed by atoms with van der Waals surface area (Å²) < 4.78 is 0. The molecule has 1 amide bonds. The van der Waals surface area contributed by atoms with Gasteiger partial charge in [-0.15, -0.1) is 0 Å². The molecule has 3 saturated carbocycles. The Bertz CT molecular complexity index is 606. The van der Waals surface area contributed by atoms with Gasteiger partial charge in [-0.2, -0.15) is 0 Å². The van der Waals surface area contributed by atoms with Gasteiger partial charge >= 0.3 is 0 Å². The fourth-order valence-electron chi connectivity index (χ4n) is 3.84. The van der Waals surface area contributed by atoms with Crippen LogP contribution in [0.2, 0.25) is 0 Å². The molecule has 0 spiro atoms. The molecule has 1 heterocycles. The molecule has 104 valence electrons. The Balaban J connectivity index is 1.57. The first-order valence-corrected chi connectivity index (χ1v) is 7.51. The highest BCUT2D eigenvalue weighted by Crippen LogP contribution is 2.50. The van der Waals surface area contributed by atoms with Crippen LogP contribution in [0.4, 0.5) is 5.95 Å². The number of hydrogen-bond donors (Lipinski definition) is 2. The Morgan fingerprint density at radius 3 is 2.60 bits per heavy atom. The maximum atomic E-state index is 12.7. The molecule has 1 aromatic carbocycles. The van der Waals surface area contributed by atoms with Gasteiger partial charge in [0, 0.05) is 5.41 Å². The summed E-state index contributed by atoms with van der Waals surface area (Å²) in [4.78, 5) is 20.3. The molecular formula is C16H19N3O. The van der Waals surface area contributed by atoms with Crippen LogP contribution in [0.3, 0.4) is 0 Å². The van der Waals surface area contributed by atoms with E-state index in [4.69, 9.17) is 0 Å². The lowest BCUT2D eigenvalue weighted by Gasteiger charge is -2.44. The average molecular weight is 269 g/mol. The van der Waals surface area contributed by atoms with Crippen LogP contribution >= 0.6 is 0 Å². The SMILES string of the molecule is O=C(Nc1nc2ccccc2[nH]1)C12CCC(CC1)CC2. The van der Waals surface area contributed by atoms with Crippen molar-refractivity contribution in [3.8, 4) is 0 Å². The standard InChI is InChI=1S/C16H19N3O/c20-14(16-8-5-11(6-9-16)7-10-16)19-15-17-12-3-1-2-4-13(12)18-15/h1-4,11H,5-10H2,(H2,17,18,19,20). The number of nitrogens with one attached hydrogen (secondary N) is 2. The summed E-state index contributed by atoms with van der Waals surface area (Å²) in [5.41, 5.74) is 1.73. The Kier molecular flexibility index (Phi) is 2.59. The maximum absolute atomic E-state index is 12.7. The number of amides is 1. The van der Waals surface area contributed by atoms with Crippen molar-refractivity contribution < 1.29 is 4.79 Å². The number of benzene rings is 1. The molecule has 1 aromatic heterocycles. The summed E-state index contributed by atoms with van der Waals surface area (Å²) in [6.45, 7) is 0. The third kappa shape index (κ3) is 1.82. The van der Waals surface area contributed by atoms with Gasteiger partial charge in [-0.25, -0.2) is 4.98 Å². The Labute approximate surface area is 118 Å². The van der Waals surface area contributed by atoms with Crippen molar-refractivity contribution in [2.45, 2.75) is 38.5 Å². The number of carbonyl (C=O) groups excluding carboxylic acids is 1. The number of aromatic nitrogens is 2. The number of nitrogens with zero attached hydrogens (tertiary/aromatic N) is 1. The molecule has 4 heteroatoms. The number of carbonyl (C=O) groups is 1. The molecule has 3 aliphatic rings. The van der Waals surface area contributed by atoms with Gasteiger partial charge in [-0.3, -0.25) is 10.1 Å². The van der Waals surface area contributed by atoms with Crippen molar-refractivity contribution in [1.29, 1.82) is 0 Å². The van der Waals surface area contributed by atoms with Crippen molar-refractivity contribution in [2.75, 3.05) is 5.32 Å². The van der Waals surface area contributed by atoms with Gasteiger partial charge in [0.2, 0.25) is 11.9 Å². The fourth-order valence-corrected chi connectivity index (χ4v) is 3.84. The summed E-state index contributed by atoms with van der Waals surface area (Å²) in [5, 5.41) is 3.01. The van der Waals surface area contributed by atoms with E-state index in [1.807, 2.05) is 24.3 Å². The van der Waals surface area contributed by atoms with Crippen molar-refractivity contribution in [3.05, 3.63) is 24.3 Å². The topological polar surface area (TPSA) is 57.8 Å². The van der Waals surface area contributed by atoms with Crippen LogP contribution in [-0.2, 0) is 4.79 Å². The highest BCUT2D eigenvalue weighted by Gasteiger charge is 2.45. The molecule has 2 N–H and O–H groups in total. The average Bonchev–Trinajstić information content (AvgIpc) is 2.91. The molecular weight excluding hydrogens is 250 g/mol. The first-order chi connectivity index (χ1) is 9.75. The van der Waals surface area contributed by atoms with Crippen molar-refractivity contribution in [1.82, 2.24) is 9.97 Å². The second-order valence-electron chi connectivity index (χ2n) is 6.32. The number of aromatic amines is 1. The molecule has 4 nitrogen and oxygen atoms in total. The first-order valence-electron chi connectivity index (χ1n) is 7.51. The summed E-state index contributed by atoms with van der Waals surface area (Å²) in [6, 6.07) is 7.84. The van der Waals surface area contributed by atoms with Gasteiger partial charge in [0.1, 0.15) is 0 Å². The zero-order valence-corrected chi connectivity index (χ0v) is 11.5. The number of H-pyrrole nitrogens is 1. The minimum absolute atomic E-state index is 0.131. The predicted molar refractivity (Wildman–Crippen MR) is 78.3 cm³/mol. The monoisotopic (exact) mass is 269 g/mol. The van der Waals surface area contributed by atoms with Crippen LogP contribution < -0.4 is 5.32 Å². The number of para-hydroxylation sites is 2. The summed E-state index contributed by atoms with van der Waals surface area (Å²) in [6.07, 6.45) is 6.78. The van der Waals surface area contributed by atoms with Gasteiger partial charge < -0.3 is 4.98 Å². The number of hydrogen-bond acceptors (Lipinski definition) is 2.